The van der Waals surface area contributed by atoms with Gasteiger partial charge in [-0.1, -0.05) is 18.5 Å². The lowest BCUT2D eigenvalue weighted by Crippen LogP contribution is -2.35. The van der Waals surface area contributed by atoms with Gasteiger partial charge in [-0.2, -0.15) is 0 Å². The zero-order chi connectivity index (χ0) is 12.4. The normalized spacial score (nSPS) is 24.4. The molecule has 0 bridgehead atoms. The molecule has 2 rings (SSSR count). The summed E-state index contributed by atoms with van der Waals surface area (Å²) >= 11 is 12.0. The summed E-state index contributed by atoms with van der Waals surface area (Å²) in [4.78, 5) is 10.7. The van der Waals surface area contributed by atoms with Crippen molar-refractivity contribution in [2.24, 2.45) is 0 Å². The molecule has 0 radical (unpaired) electrons. The zero-order valence-electron chi connectivity index (χ0n) is 10.2. The third-order valence-corrected chi connectivity index (χ3v) is 4.10. The van der Waals surface area contributed by atoms with E-state index in [4.69, 9.17) is 23.2 Å². The maximum Gasteiger partial charge on any atom is 0.138 e. The Labute approximate surface area is 112 Å². The molecule has 1 aliphatic rings. The molecule has 0 amide bonds. The largest absolute Gasteiger partial charge is 0.351 e. The van der Waals surface area contributed by atoms with Crippen LogP contribution in [0.25, 0.3) is 0 Å². The van der Waals surface area contributed by atoms with Crippen molar-refractivity contribution >= 4 is 29.0 Å². The van der Waals surface area contributed by atoms with Crippen LogP contribution in [-0.4, -0.2) is 22.1 Å². The molecular weight excluding hydrogens is 257 g/mol. The predicted molar refractivity (Wildman–Crippen MR) is 71.9 cm³/mol. The van der Waals surface area contributed by atoms with Gasteiger partial charge >= 0.3 is 0 Å². The molecule has 2 atom stereocenters. The lowest BCUT2D eigenvalue weighted by atomic mass is 10.1. The summed E-state index contributed by atoms with van der Waals surface area (Å²) in [7, 11) is 0. The molecule has 1 fully saturated rings. The number of anilines is 1. The van der Waals surface area contributed by atoms with Crippen LogP contribution in [0.5, 0.6) is 0 Å². The molecule has 1 aliphatic heterocycles. The second-order valence-electron chi connectivity index (χ2n) is 4.50. The fourth-order valence-corrected chi connectivity index (χ4v) is 3.08. The van der Waals surface area contributed by atoms with Gasteiger partial charge < -0.3 is 4.90 Å². The standard InChI is InChI=1S/C12H17Cl2N3/c1-3-9-5-4-8(2)17(9)12-10(6-13)11(14)15-7-16-12/h7-9H,3-6H2,1-2H3. The SMILES string of the molecule is CCC1CCC(C)N1c1ncnc(Cl)c1CCl. The first-order valence-electron chi connectivity index (χ1n) is 6.02. The summed E-state index contributed by atoms with van der Waals surface area (Å²) in [6.45, 7) is 4.43. The minimum atomic E-state index is 0.356. The minimum absolute atomic E-state index is 0.356. The van der Waals surface area contributed by atoms with Crippen LogP contribution in [0.4, 0.5) is 5.82 Å². The van der Waals surface area contributed by atoms with E-state index >= 15 is 0 Å². The molecule has 1 aromatic rings. The summed E-state index contributed by atoms with van der Waals surface area (Å²) in [6, 6.07) is 1.03. The fourth-order valence-electron chi connectivity index (χ4n) is 2.57. The van der Waals surface area contributed by atoms with Crippen LogP contribution in [0, 0.1) is 0 Å². The Kier molecular flexibility index (Phi) is 4.10. The summed E-state index contributed by atoms with van der Waals surface area (Å²) in [5, 5.41) is 0.471. The molecular formula is C12H17Cl2N3. The summed E-state index contributed by atoms with van der Waals surface area (Å²) in [5.74, 6) is 1.27. The highest BCUT2D eigenvalue weighted by atomic mass is 35.5. The molecule has 0 N–H and O–H groups in total. The summed E-state index contributed by atoms with van der Waals surface area (Å²) < 4.78 is 0. The smallest absolute Gasteiger partial charge is 0.138 e. The topological polar surface area (TPSA) is 29.0 Å². The van der Waals surface area contributed by atoms with Crippen LogP contribution >= 0.6 is 23.2 Å². The van der Waals surface area contributed by atoms with Gasteiger partial charge in [-0.3, -0.25) is 0 Å². The van der Waals surface area contributed by atoms with Crippen LogP contribution in [0.15, 0.2) is 6.33 Å². The molecule has 5 heteroatoms. The van der Waals surface area contributed by atoms with Crippen molar-refractivity contribution in [2.45, 2.75) is 51.1 Å². The first-order chi connectivity index (χ1) is 8.19. The maximum absolute atomic E-state index is 6.08. The molecule has 1 saturated heterocycles. The van der Waals surface area contributed by atoms with Crippen LogP contribution in [0.2, 0.25) is 5.15 Å². The molecule has 94 valence electrons. The van der Waals surface area contributed by atoms with Gasteiger partial charge in [-0.25, -0.2) is 9.97 Å². The Bertz CT molecular complexity index is 397. The van der Waals surface area contributed by atoms with E-state index in [0.29, 0.717) is 23.1 Å². The monoisotopic (exact) mass is 273 g/mol. The van der Waals surface area contributed by atoms with Crippen LogP contribution in [0.3, 0.4) is 0 Å². The van der Waals surface area contributed by atoms with E-state index in [1.54, 1.807) is 0 Å². The third-order valence-electron chi connectivity index (χ3n) is 3.51. The van der Waals surface area contributed by atoms with Gasteiger partial charge in [0.05, 0.1) is 5.88 Å². The highest BCUT2D eigenvalue weighted by Gasteiger charge is 2.32. The van der Waals surface area contributed by atoms with Crippen LogP contribution in [0.1, 0.15) is 38.7 Å². The minimum Gasteiger partial charge on any atom is -0.351 e. The molecule has 0 spiro atoms. The quantitative estimate of drug-likeness (QED) is 0.622. The predicted octanol–water partition coefficient (Wildman–Crippen LogP) is 3.64. The van der Waals surface area contributed by atoms with Gasteiger partial charge in [-0.15, -0.1) is 11.6 Å². The average molecular weight is 274 g/mol. The van der Waals surface area contributed by atoms with Crippen molar-refractivity contribution < 1.29 is 0 Å². The van der Waals surface area contributed by atoms with Gasteiger partial charge in [0.25, 0.3) is 0 Å². The van der Waals surface area contributed by atoms with E-state index in [9.17, 15) is 0 Å². The number of aromatic nitrogens is 2. The Morgan fingerprint density at radius 2 is 2.18 bits per heavy atom. The van der Waals surface area contributed by atoms with Crippen molar-refractivity contribution in [1.82, 2.24) is 9.97 Å². The molecule has 2 unspecified atom stereocenters. The first kappa shape index (κ1) is 12.9. The number of alkyl halides is 1. The summed E-state index contributed by atoms with van der Waals surface area (Å²) in [6.07, 6.45) is 5.04. The van der Waals surface area contributed by atoms with Crippen molar-refractivity contribution in [2.75, 3.05) is 4.90 Å². The van der Waals surface area contributed by atoms with E-state index in [-0.39, 0.29) is 0 Å². The Balaban J connectivity index is 2.41. The number of nitrogens with zero attached hydrogens (tertiary/aromatic N) is 3. The molecule has 2 heterocycles. The second-order valence-corrected chi connectivity index (χ2v) is 5.12. The molecule has 3 nitrogen and oxygen atoms in total. The van der Waals surface area contributed by atoms with Crippen molar-refractivity contribution in [3.63, 3.8) is 0 Å². The van der Waals surface area contributed by atoms with Gasteiger partial charge in [-0.05, 0) is 26.2 Å². The van der Waals surface area contributed by atoms with E-state index in [2.05, 4.69) is 28.7 Å². The molecule has 17 heavy (non-hydrogen) atoms. The van der Waals surface area contributed by atoms with Gasteiger partial charge in [0.15, 0.2) is 0 Å². The Morgan fingerprint density at radius 3 is 2.82 bits per heavy atom. The van der Waals surface area contributed by atoms with Crippen LogP contribution in [-0.2, 0) is 5.88 Å². The molecule has 1 aromatic heterocycles. The Hall–Kier alpha value is -0.540. The lowest BCUT2D eigenvalue weighted by Gasteiger charge is -2.30. The van der Waals surface area contributed by atoms with Crippen LogP contribution < -0.4 is 4.90 Å². The second kappa shape index (κ2) is 5.40. The number of halogens is 2. The summed E-state index contributed by atoms with van der Waals surface area (Å²) in [5.41, 5.74) is 0.850. The van der Waals surface area contributed by atoms with Crippen molar-refractivity contribution in [3.8, 4) is 0 Å². The lowest BCUT2D eigenvalue weighted by molar-refractivity contribution is 0.618. The third kappa shape index (κ3) is 2.36. The molecule has 0 saturated carbocycles. The van der Waals surface area contributed by atoms with E-state index < -0.39 is 0 Å². The van der Waals surface area contributed by atoms with Crippen molar-refractivity contribution in [3.05, 3.63) is 17.0 Å². The van der Waals surface area contributed by atoms with Gasteiger partial charge in [0, 0.05) is 17.6 Å². The maximum atomic E-state index is 6.08. The van der Waals surface area contributed by atoms with Gasteiger partial charge in [0.2, 0.25) is 0 Å². The first-order valence-corrected chi connectivity index (χ1v) is 6.94. The highest BCUT2D eigenvalue weighted by Crippen LogP contribution is 2.34. The van der Waals surface area contributed by atoms with E-state index in [1.807, 2.05) is 0 Å². The average Bonchev–Trinajstić information content (AvgIpc) is 2.70. The van der Waals surface area contributed by atoms with Crippen molar-refractivity contribution in [1.29, 1.82) is 0 Å². The Morgan fingerprint density at radius 1 is 1.41 bits per heavy atom. The molecule has 0 aliphatic carbocycles. The highest BCUT2D eigenvalue weighted by molar-refractivity contribution is 6.31. The molecule has 0 aromatic carbocycles. The zero-order valence-corrected chi connectivity index (χ0v) is 11.7. The number of hydrogen-bond donors (Lipinski definition) is 0. The fraction of sp³-hybridized carbons (Fsp3) is 0.667. The number of rotatable bonds is 3. The van der Waals surface area contributed by atoms with E-state index in [1.165, 1.54) is 19.2 Å². The van der Waals surface area contributed by atoms with E-state index in [0.717, 1.165) is 17.8 Å². The number of hydrogen-bond acceptors (Lipinski definition) is 3. The van der Waals surface area contributed by atoms with Gasteiger partial charge in [0.1, 0.15) is 17.3 Å².